The van der Waals surface area contributed by atoms with Crippen molar-refractivity contribution >= 4 is 27.7 Å². The van der Waals surface area contributed by atoms with E-state index in [2.05, 4.69) is 15.9 Å². The van der Waals surface area contributed by atoms with E-state index in [1.165, 1.54) is 0 Å². The second-order valence-corrected chi connectivity index (χ2v) is 4.16. The maximum absolute atomic E-state index is 10.2. The highest BCUT2D eigenvalue weighted by Crippen LogP contribution is 2.26. The third-order valence-electron chi connectivity index (χ3n) is 1.53. The van der Waals surface area contributed by atoms with Crippen molar-refractivity contribution in [3.8, 4) is 0 Å². The minimum absolute atomic E-state index is 0.118. The number of nitro groups is 1. The monoisotopic (exact) mass is 261 g/mol. The molecule has 0 aliphatic carbocycles. The summed E-state index contributed by atoms with van der Waals surface area (Å²) in [6.45, 7) is -0.118. The van der Waals surface area contributed by atoms with Crippen LogP contribution in [-0.2, 0) is 6.54 Å². The molecule has 0 atom stereocenters. The molecule has 0 heterocycles. The van der Waals surface area contributed by atoms with Gasteiger partial charge in [-0.15, -0.1) is 11.8 Å². The van der Waals surface area contributed by atoms with Crippen LogP contribution in [0.15, 0.2) is 27.6 Å². The van der Waals surface area contributed by atoms with Crippen molar-refractivity contribution in [2.45, 2.75) is 11.4 Å². The van der Waals surface area contributed by atoms with Crippen molar-refractivity contribution in [1.29, 1.82) is 0 Å². The van der Waals surface area contributed by atoms with Gasteiger partial charge in [0.2, 0.25) is 6.54 Å². The molecule has 0 N–H and O–H groups in total. The summed E-state index contributed by atoms with van der Waals surface area (Å²) in [5.41, 5.74) is 0.717. The van der Waals surface area contributed by atoms with Gasteiger partial charge in [0.1, 0.15) is 0 Å². The number of nitrogens with zero attached hydrogens (tertiary/aromatic N) is 1. The van der Waals surface area contributed by atoms with Crippen LogP contribution in [0.25, 0.3) is 0 Å². The van der Waals surface area contributed by atoms with E-state index in [1.807, 2.05) is 12.3 Å². The van der Waals surface area contributed by atoms with E-state index in [0.29, 0.717) is 0 Å². The molecular formula is C8H8BrNO2S. The lowest BCUT2D eigenvalue weighted by Crippen LogP contribution is -1.97. The molecule has 13 heavy (non-hydrogen) atoms. The average Bonchev–Trinajstić information content (AvgIpc) is 2.03. The van der Waals surface area contributed by atoms with E-state index in [-0.39, 0.29) is 11.5 Å². The van der Waals surface area contributed by atoms with E-state index in [9.17, 15) is 10.1 Å². The Morgan fingerprint density at radius 2 is 2.31 bits per heavy atom. The van der Waals surface area contributed by atoms with Gasteiger partial charge in [-0.2, -0.15) is 0 Å². The first-order valence-electron chi connectivity index (χ1n) is 3.57. The zero-order chi connectivity index (χ0) is 9.84. The Hall–Kier alpha value is -0.550. The lowest BCUT2D eigenvalue weighted by molar-refractivity contribution is -0.496. The summed E-state index contributed by atoms with van der Waals surface area (Å²) >= 11 is 4.96. The predicted molar refractivity (Wildman–Crippen MR) is 56.6 cm³/mol. The van der Waals surface area contributed by atoms with Crippen LogP contribution in [-0.4, -0.2) is 11.2 Å². The Labute approximate surface area is 88.8 Å². The number of benzene rings is 1. The zero-order valence-electron chi connectivity index (χ0n) is 6.99. The summed E-state index contributed by atoms with van der Waals surface area (Å²) in [6, 6.07) is 5.45. The number of rotatable bonds is 3. The standard InChI is InChI=1S/C8H8BrNO2S/c1-13-8-3-2-6(4-7(8)9)5-10(11)12/h2-4H,5H2,1H3. The Morgan fingerprint density at radius 1 is 1.62 bits per heavy atom. The number of halogens is 1. The Kier molecular flexibility index (Phi) is 3.74. The summed E-state index contributed by atoms with van der Waals surface area (Å²) in [6.07, 6.45) is 1.97. The van der Waals surface area contributed by atoms with Crippen LogP contribution in [0.5, 0.6) is 0 Å². The van der Waals surface area contributed by atoms with Crippen molar-refractivity contribution in [1.82, 2.24) is 0 Å². The molecule has 0 unspecified atom stereocenters. The smallest absolute Gasteiger partial charge is 0.228 e. The van der Waals surface area contributed by atoms with Gasteiger partial charge in [0.05, 0.1) is 0 Å². The van der Waals surface area contributed by atoms with E-state index in [1.54, 1.807) is 23.9 Å². The first kappa shape index (κ1) is 10.5. The minimum Gasteiger partial charge on any atom is -0.264 e. The Morgan fingerprint density at radius 3 is 2.77 bits per heavy atom. The third kappa shape index (κ3) is 3.00. The van der Waals surface area contributed by atoms with Crippen molar-refractivity contribution in [3.63, 3.8) is 0 Å². The topological polar surface area (TPSA) is 43.1 Å². The maximum atomic E-state index is 10.2. The molecule has 1 aromatic carbocycles. The summed E-state index contributed by atoms with van der Waals surface area (Å²) < 4.78 is 0.916. The lowest BCUT2D eigenvalue weighted by Gasteiger charge is -2.01. The summed E-state index contributed by atoms with van der Waals surface area (Å²) in [4.78, 5) is 11.0. The van der Waals surface area contributed by atoms with Gasteiger partial charge in [-0.1, -0.05) is 6.07 Å². The molecule has 0 bridgehead atoms. The van der Waals surface area contributed by atoms with Gasteiger partial charge >= 0.3 is 0 Å². The van der Waals surface area contributed by atoms with E-state index in [0.717, 1.165) is 14.9 Å². The van der Waals surface area contributed by atoms with Gasteiger partial charge in [0.25, 0.3) is 0 Å². The van der Waals surface area contributed by atoms with Crippen LogP contribution in [0, 0.1) is 10.1 Å². The molecular weight excluding hydrogens is 254 g/mol. The molecule has 70 valence electrons. The average molecular weight is 262 g/mol. The molecule has 1 rings (SSSR count). The van der Waals surface area contributed by atoms with Crippen LogP contribution in [0.3, 0.4) is 0 Å². The second kappa shape index (κ2) is 4.62. The number of hydrogen-bond acceptors (Lipinski definition) is 3. The second-order valence-electron chi connectivity index (χ2n) is 2.46. The molecule has 0 aromatic heterocycles. The highest BCUT2D eigenvalue weighted by Gasteiger charge is 2.04. The van der Waals surface area contributed by atoms with Crippen molar-refractivity contribution in [2.75, 3.05) is 6.26 Å². The van der Waals surface area contributed by atoms with Crippen LogP contribution >= 0.6 is 27.7 Å². The summed E-state index contributed by atoms with van der Waals surface area (Å²) in [5.74, 6) is 0. The van der Waals surface area contributed by atoms with Gasteiger partial charge in [0, 0.05) is 19.9 Å². The fourth-order valence-electron chi connectivity index (χ4n) is 0.957. The first-order chi connectivity index (χ1) is 6.13. The van der Waals surface area contributed by atoms with E-state index in [4.69, 9.17) is 0 Å². The SMILES string of the molecule is CSc1ccc(C[N+](=O)[O-])cc1Br. The molecule has 1 aromatic rings. The van der Waals surface area contributed by atoms with Crippen LogP contribution in [0.1, 0.15) is 5.56 Å². The minimum atomic E-state index is -0.333. The highest BCUT2D eigenvalue weighted by atomic mass is 79.9. The number of hydrogen-bond donors (Lipinski definition) is 0. The van der Waals surface area contributed by atoms with Crippen molar-refractivity contribution < 1.29 is 4.92 Å². The fourth-order valence-corrected chi connectivity index (χ4v) is 2.33. The van der Waals surface area contributed by atoms with Crippen molar-refractivity contribution in [2.24, 2.45) is 0 Å². The normalized spacial score (nSPS) is 10.0. The molecule has 0 fully saturated rings. The molecule has 0 saturated carbocycles. The molecule has 3 nitrogen and oxygen atoms in total. The maximum Gasteiger partial charge on any atom is 0.228 e. The molecule has 0 radical (unpaired) electrons. The molecule has 0 saturated heterocycles. The molecule has 5 heteroatoms. The van der Waals surface area contributed by atoms with Crippen LogP contribution in [0.4, 0.5) is 0 Å². The van der Waals surface area contributed by atoms with Gasteiger partial charge < -0.3 is 0 Å². The zero-order valence-corrected chi connectivity index (χ0v) is 9.39. The fraction of sp³-hybridized carbons (Fsp3) is 0.250. The summed E-state index contributed by atoms with van der Waals surface area (Å²) in [7, 11) is 0. The summed E-state index contributed by atoms with van der Waals surface area (Å²) in [5, 5.41) is 10.2. The third-order valence-corrected chi connectivity index (χ3v) is 3.24. The molecule has 0 spiro atoms. The lowest BCUT2D eigenvalue weighted by atomic mass is 10.2. The van der Waals surface area contributed by atoms with Gasteiger partial charge in [-0.3, -0.25) is 10.1 Å². The molecule has 0 amide bonds. The van der Waals surface area contributed by atoms with Crippen molar-refractivity contribution in [3.05, 3.63) is 38.3 Å². The largest absolute Gasteiger partial charge is 0.264 e. The van der Waals surface area contributed by atoms with E-state index < -0.39 is 0 Å². The van der Waals surface area contributed by atoms with Crippen LogP contribution in [0.2, 0.25) is 0 Å². The van der Waals surface area contributed by atoms with Gasteiger partial charge in [-0.25, -0.2) is 0 Å². The predicted octanol–water partition coefficient (Wildman–Crippen LogP) is 2.95. The van der Waals surface area contributed by atoms with E-state index >= 15 is 0 Å². The Bertz CT molecular complexity index is 330. The van der Waals surface area contributed by atoms with Gasteiger partial charge in [-0.05, 0) is 34.3 Å². The number of thioether (sulfide) groups is 1. The molecule has 0 aliphatic heterocycles. The van der Waals surface area contributed by atoms with Gasteiger partial charge in [0.15, 0.2) is 0 Å². The Balaban J connectivity index is 2.89. The quantitative estimate of drug-likeness (QED) is 0.478. The first-order valence-corrected chi connectivity index (χ1v) is 5.59. The van der Waals surface area contributed by atoms with Crippen LogP contribution < -0.4 is 0 Å². The highest BCUT2D eigenvalue weighted by molar-refractivity contribution is 9.10. The molecule has 0 aliphatic rings.